The fraction of sp³-hybridized carbons (Fsp3) is 0.353. The maximum Gasteiger partial charge on any atom is 0.242 e. The Morgan fingerprint density at radius 2 is 2.20 bits per heavy atom. The molecule has 0 saturated carbocycles. The van der Waals surface area contributed by atoms with Gasteiger partial charge in [-0.25, -0.2) is 9.37 Å². The molecule has 1 saturated heterocycles. The van der Waals surface area contributed by atoms with Gasteiger partial charge in [0.25, 0.3) is 0 Å². The zero-order valence-electron chi connectivity index (χ0n) is 13.9. The summed E-state index contributed by atoms with van der Waals surface area (Å²) in [6.45, 7) is 0.656. The number of rotatable bonds is 4. The molecule has 1 amide bonds. The lowest BCUT2D eigenvalue weighted by Crippen LogP contribution is -2.38. The van der Waals surface area contributed by atoms with E-state index in [-0.39, 0.29) is 11.9 Å². The Balaban J connectivity index is 1.97. The minimum atomic E-state index is -0.471. The van der Waals surface area contributed by atoms with Crippen LogP contribution >= 0.6 is 0 Å². The molecule has 1 fully saturated rings. The number of hydrogen-bond donors (Lipinski definition) is 3. The Hall–Kier alpha value is -2.90. The van der Waals surface area contributed by atoms with Crippen molar-refractivity contribution in [2.75, 3.05) is 24.7 Å². The summed E-state index contributed by atoms with van der Waals surface area (Å²) < 4.78 is 19.5. The van der Waals surface area contributed by atoms with Gasteiger partial charge >= 0.3 is 0 Å². The van der Waals surface area contributed by atoms with Crippen molar-refractivity contribution >= 4 is 17.7 Å². The molecule has 0 radical (unpaired) electrons. The molecule has 8 heteroatoms. The number of anilines is 2. The molecule has 132 valence electrons. The largest absolute Gasteiger partial charge is 0.497 e. The number of nitrogens with zero attached hydrogens (tertiary/aromatic N) is 2. The third-order valence-electron chi connectivity index (χ3n) is 4.12. The van der Waals surface area contributed by atoms with Crippen LogP contribution in [0, 0.1) is 5.82 Å². The highest BCUT2D eigenvalue weighted by Gasteiger charge is 2.23. The average Bonchev–Trinajstić information content (AvgIpc) is 2.80. The quantitative estimate of drug-likeness (QED) is 0.783. The number of nitrogens with one attached hydrogen (secondary N) is 2. The van der Waals surface area contributed by atoms with Crippen molar-refractivity contribution in [3.63, 3.8) is 0 Å². The van der Waals surface area contributed by atoms with E-state index in [1.807, 2.05) is 0 Å². The zero-order chi connectivity index (χ0) is 17.8. The Morgan fingerprint density at radius 1 is 1.36 bits per heavy atom. The van der Waals surface area contributed by atoms with Crippen LogP contribution in [0.2, 0.25) is 0 Å². The number of benzene rings is 1. The van der Waals surface area contributed by atoms with Gasteiger partial charge < -0.3 is 21.1 Å². The molecular weight excluding hydrogens is 325 g/mol. The van der Waals surface area contributed by atoms with Crippen molar-refractivity contribution in [3.8, 4) is 16.9 Å². The SMILES string of the molecule is COc1ccc(-c2cnc(N)nc2NC2CCCCNC2=O)c(F)c1. The summed E-state index contributed by atoms with van der Waals surface area (Å²) in [7, 11) is 1.47. The fourth-order valence-corrected chi connectivity index (χ4v) is 2.79. The van der Waals surface area contributed by atoms with Crippen molar-refractivity contribution in [2.45, 2.75) is 25.3 Å². The average molecular weight is 345 g/mol. The molecule has 7 nitrogen and oxygen atoms in total. The van der Waals surface area contributed by atoms with Crippen LogP contribution in [0.3, 0.4) is 0 Å². The Morgan fingerprint density at radius 3 is 2.96 bits per heavy atom. The lowest BCUT2D eigenvalue weighted by Gasteiger charge is -2.18. The molecule has 0 aliphatic carbocycles. The topological polar surface area (TPSA) is 102 Å². The molecule has 0 bridgehead atoms. The molecule has 1 aliphatic heterocycles. The van der Waals surface area contributed by atoms with E-state index in [1.165, 1.54) is 19.4 Å². The van der Waals surface area contributed by atoms with Gasteiger partial charge in [0.2, 0.25) is 11.9 Å². The molecule has 1 unspecified atom stereocenters. The number of ether oxygens (including phenoxy) is 1. The number of amides is 1. The van der Waals surface area contributed by atoms with Crippen molar-refractivity contribution < 1.29 is 13.9 Å². The second-order valence-electron chi connectivity index (χ2n) is 5.82. The van der Waals surface area contributed by atoms with Gasteiger partial charge in [0.15, 0.2) is 0 Å². The van der Waals surface area contributed by atoms with Crippen LogP contribution in [0.5, 0.6) is 5.75 Å². The van der Waals surface area contributed by atoms with Gasteiger partial charge in [-0.1, -0.05) is 0 Å². The van der Waals surface area contributed by atoms with E-state index >= 15 is 0 Å². The summed E-state index contributed by atoms with van der Waals surface area (Å²) in [5, 5.41) is 5.94. The molecule has 3 rings (SSSR count). The van der Waals surface area contributed by atoms with Gasteiger partial charge in [-0.3, -0.25) is 4.79 Å². The Kier molecular flexibility index (Phi) is 4.97. The second-order valence-corrected chi connectivity index (χ2v) is 5.82. The number of halogens is 1. The lowest BCUT2D eigenvalue weighted by molar-refractivity contribution is -0.121. The maximum atomic E-state index is 14.4. The van der Waals surface area contributed by atoms with E-state index in [4.69, 9.17) is 10.5 Å². The normalized spacial score (nSPS) is 17.5. The van der Waals surface area contributed by atoms with Gasteiger partial charge in [-0.05, 0) is 31.4 Å². The molecule has 2 heterocycles. The van der Waals surface area contributed by atoms with E-state index in [1.54, 1.807) is 12.1 Å². The molecule has 1 aromatic carbocycles. The van der Waals surface area contributed by atoms with Crippen molar-refractivity contribution in [2.24, 2.45) is 0 Å². The summed E-state index contributed by atoms with van der Waals surface area (Å²) in [5.74, 6) is 0.222. The predicted molar refractivity (Wildman–Crippen MR) is 92.7 cm³/mol. The first-order valence-corrected chi connectivity index (χ1v) is 8.09. The highest BCUT2D eigenvalue weighted by Crippen LogP contribution is 2.31. The highest BCUT2D eigenvalue weighted by molar-refractivity contribution is 5.86. The van der Waals surface area contributed by atoms with Crippen LogP contribution in [0.4, 0.5) is 16.2 Å². The van der Waals surface area contributed by atoms with Gasteiger partial charge in [-0.15, -0.1) is 0 Å². The predicted octanol–water partition coefficient (Wildman–Crippen LogP) is 1.95. The summed E-state index contributed by atoms with van der Waals surface area (Å²) in [6.07, 6.45) is 3.95. The van der Waals surface area contributed by atoms with Crippen LogP contribution in [0.15, 0.2) is 24.4 Å². The first kappa shape index (κ1) is 16.9. The van der Waals surface area contributed by atoms with E-state index in [2.05, 4.69) is 20.6 Å². The smallest absolute Gasteiger partial charge is 0.242 e. The molecule has 1 aromatic heterocycles. The number of methoxy groups -OCH3 is 1. The molecule has 0 spiro atoms. The van der Waals surface area contributed by atoms with E-state index in [0.717, 1.165) is 12.8 Å². The third-order valence-corrected chi connectivity index (χ3v) is 4.12. The van der Waals surface area contributed by atoms with Crippen LogP contribution in [0.25, 0.3) is 11.1 Å². The summed E-state index contributed by atoms with van der Waals surface area (Å²) in [5.41, 5.74) is 6.42. The molecule has 1 atom stereocenters. The van der Waals surface area contributed by atoms with Crippen molar-refractivity contribution in [1.29, 1.82) is 0 Å². The number of nitrogen functional groups attached to an aromatic ring is 1. The van der Waals surface area contributed by atoms with E-state index in [0.29, 0.717) is 35.7 Å². The number of carbonyl (C=O) groups is 1. The van der Waals surface area contributed by atoms with Crippen LogP contribution in [0.1, 0.15) is 19.3 Å². The van der Waals surface area contributed by atoms with Gasteiger partial charge in [0.1, 0.15) is 23.4 Å². The maximum absolute atomic E-state index is 14.4. The van der Waals surface area contributed by atoms with Gasteiger partial charge in [0.05, 0.1) is 7.11 Å². The highest BCUT2D eigenvalue weighted by atomic mass is 19.1. The standard InChI is InChI=1S/C17H20FN5O2/c1-25-10-5-6-11(13(18)8-10)12-9-21-17(19)23-15(12)22-14-4-2-3-7-20-16(14)24/h5-6,8-9,14H,2-4,7H2,1H3,(H,20,24)(H3,19,21,22,23). The van der Waals surface area contributed by atoms with Crippen molar-refractivity contribution in [3.05, 3.63) is 30.2 Å². The van der Waals surface area contributed by atoms with E-state index < -0.39 is 11.9 Å². The first-order valence-electron chi connectivity index (χ1n) is 8.09. The first-order chi connectivity index (χ1) is 12.1. The third kappa shape index (κ3) is 3.78. The molecule has 2 aromatic rings. The number of hydrogen-bond acceptors (Lipinski definition) is 6. The van der Waals surface area contributed by atoms with Crippen LogP contribution < -0.4 is 21.1 Å². The van der Waals surface area contributed by atoms with Crippen LogP contribution in [-0.4, -0.2) is 35.6 Å². The Labute approximate surface area is 144 Å². The lowest BCUT2D eigenvalue weighted by atomic mass is 10.1. The molecule has 1 aliphatic rings. The summed E-state index contributed by atoms with van der Waals surface area (Å²) in [6, 6.07) is 4.07. The van der Waals surface area contributed by atoms with Gasteiger partial charge in [0, 0.05) is 29.9 Å². The summed E-state index contributed by atoms with van der Waals surface area (Å²) in [4.78, 5) is 20.3. The van der Waals surface area contributed by atoms with Gasteiger partial charge in [-0.2, -0.15) is 4.98 Å². The van der Waals surface area contributed by atoms with Crippen molar-refractivity contribution in [1.82, 2.24) is 15.3 Å². The fourth-order valence-electron chi connectivity index (χ4n) is 2.79. The zero-order valence-corrected chi connectivity index (χ0v) is 13.9. The number of aromatic nitrogens is 2. The van der Waals surface area contributed by atoms with E-state index in [9.17, 15) is 9.18 Å². The molecule has 25 heavy (non-hydrogen) atoms. The molecule has 4 N–H and O–H groups in total. The minimum absolute atomic E-state index is 0.0502. The Bertz CT molecular complexity index is 784. The molecular formula is C17H20FN5O2. The van der Waals surface area contributed by atoms with Crippen LogP contribution in [-0.2, 0) is 4.79 Å². The summed E-state index contributed by atoms with van der Waals surface area (Å²) >= 11 is 0. The monoisotopic (exact) mass is 345 g/mol. The number of carbonyl (C=O) groups excluding carboxylic acids is 1. The minimum Gasteiger partial charge on any atom is -0.497 e. The number of nitrogens with two attached hydrogens (primary N) is 1. The second kappa shape index (κ2) is 7.33.